The second kappa shape index (κ2) is 4.74. The van der Waals surface area contributed by atoms with E-state index in [-0.39, 0.29) is 11.4 Å². The molecule has 1 amide bonds. The van der Waals surface area contributed by atoms with Crippen molar-refractivity contribution in [3.8, 4) is 0 Å². The van der Waals surface area contributed by atoms with Gasteiger partial charge in [-0.05, 0) is 44.6 Å². The lowest BCUT2D eigenvalue weighted by Crippen LogP contribution is -2.67. The zero-order chi connectivity index (χ0) is 11.6. The maximum Gasteiger partial charge on any atom is 0.220 e. The lowest BCUT2D eigenvalue weighted by molar-refractivity contribution is -0.128. The highest BCUT2D eigenvalue weighted by molar-refractivity contribution is 5.78. The average Bonchev–Trinajstić information content (AvgIpc) is 2.17. The van der Waals surface area contributed by atoms with Crippen LogP contribution in [0.3, 0.4) is 0 Å². The van der Waals surface area contributed by atoms with Crippen molar-refractivity contribution in [2.75, 3.05) is 6.54 Å². The minimum absolute atomic E-state index is 0.117. The fourth-order valence-corrected chi connectivity index (χ4v) is 2.85. The quantitative estimate of drug-likeness (QED) is 0.765. The van der Waals surface area contributed by atoms with E-state index in [1.54, 1.807) is 0 Å². The summed E-state index contributed by atoms with van der Waals surface area (Å²) in [4.78, 5) is 11.5. The number of carbonyl (C=O) groups excluding carboxylic acids is 1. The molecule has 2 fully saturated rings. The highest BCUT2D eigenvalue weighted by Crippen LogP contribution is 2.38. The van der Waals surface area contributed by atoms with E-state index >= 15 is 0 Å². The minimum atomic E-state index is 0.117. The van der Waals surface area contributed by atoms with Crippen molar-refractivity contribution in [1.82, 2.24) is 10.6 Å². The first-order valence-electron chi connectivity index (χ1n) is 6.67. The van der Waals surface area contributed by atoms with Gasteiger partial charge < -0.3 is 10.6 Å². The lowest BCUT2D eigenvalue weighted by atomic mass is 9.68. The van der Waals surface area contributed by atoms with Crippen LogP contribution in [0, 0.1) is 5.92 Å². The summed E-state index contributed by atoms with van der Waals surface area (Å²) in [6.07, 6.45) is 6.53. The maximum atomic E-state index is 11.5. The molecule has 2 rings (SSSR count). The molecule has 2 N–H and O–H groups in total. The van der Waals surface area contributed by atoms with Crippen LogP contribution in [-0.2, 0) is 4.79 Å². The molecule has 3 nitrogen and oxygen atoms in total. The standard InChI is InChI=1S/C13H24N2O/c1-10(2)6-9-14-11-4-5-12(16)15-13(11)7-3-8-13/h10-11,14H,3-9H2,1-2H3,(H,15,16). The third-order valence-corrected chi connectivity index (χ3v) is 4.07. The number of piperidine rings is 1. The van der Waals surface area contributed by atoms with Crippen molar-refractivity contribution in [1.29, 1.82) is 0 Å². The fourth-order valence-electron chi connectivity index (χ4n) is 2.85. The Labute approximate surface area is 98.4 Å². The molecular formula is C13H24N2O. The van der Waals surface area contributed by atoms with Crippen LogP contribution in [0.5, 0.6) is 0 Å². The molecular weight excluding hydrogens is 200 g/mol. The van der Waals surface area contributed by atoms with Crippen LogP contribution in [0.15, 0.2) is 0 Å². The first-order chi connectivity index (χ1) is 7.62. The number of carbonyl (C=O) groups is 1. The number of rotatable bonds is 4. The predicted octanol–water partition coefficient (Wildman–Crippen LogP) is 1.82. The molecule has 0 aromatic heterocycles. The predicted molar refractivity (Wildman–Crippen MR) is 65.2 cm³/mol. The second-order valence-corrected chi connectivity index (χ2v) is 5.79. The fraction of sp³-hybridized carbons (Fsp3) is 0.923. The van der Waals surface area contributed by atoms with E-state index in [1.165, 1.54) is 12.8 Å². The van der Waals surface area contributed by atoms with Gasteiger partial charge in [-0.25, -0.2) is 0 Å². The molecule has 1 aliphatic carbocycles. The van der Waals surface area contributed by atoms with E-state index < -0.39 is 0 Å². The van der Waals surface area contributed by atoms with Gasteiger partial charge in [0, 0.05) is 12.5 Å². The van der Waals surface area contributed by atoms with Crippen molar-refractivity contribution in [2.24, 2.45) is 5.92 Å². The van der Waals surface area contributed by atoms with E-state index in [0.29, 0.717) is 12.5 Å². The first kappa shape index (κ1) is 11.9. The zero-order valence-corrected chi connectivity index (χ0v) is 10.5. The number of hydrogen-bond acceptors (Lipinski definition) is 2. The van der Waals surface area contributed by atoms with E-state index in [1.807, 2.05) is 0 Å². The molecule has 0 aromatic rings. The normalized spacial score (nSPS) is 27.9. The molecule has 16 heavy (non-hydrogen) atoms. The molecule has 2 aliphatic rings. The van der Waals surface area contributed by atoms with Crippen LogP contribution in [0.25, 0.3) is 0 Å². The molecule has 0 radical (unpaired) electrons. The van der Waals surface area contributed by atoms with Crippen molar-refractivity contribution in [2.45, 2.75) is 64.0 Å². The Bertz CT molecular complexity index is 259. The summed E-state index contributed by atoms with van der Waals surface area (Å²) in [6.45, 7) is 5.59. The molecule has 1 saturated heterocycles. The molecule has 1 heterocycles. The monoisotopic (exact) mass is 224 g/mol. The van der Waals surface area contributed by atoms with E-state index in [9.17, 15) is 4.79 Å². The largest absolute Gasteiger partial charge is 0.349 e. The summed E-state index contributed by atoms with van der Waals surface area (Å²) < 4.78 is 0. The Balaban J connectivity index is 1.85. The molecule has 1 aliphatic heterocycles. The van der Waals surface area contributed by atoms with Gasteiger partial charge in [-0.2, -0.15) is 0 Å². The summed E-state index contributed by atoms with van der Waals surface area (Å²) in [6, 6.07) is 0.512. The summed E-state index contributed by atoms with van der Waals surface area (Å²) in [5, 5.41) is 6.87. The summed E-state index contributed by atoms with van der Waals surface area (Å²) in [5.74, 6) is 1.00. The lowest BCUT2D eigenvalue weighted by Gasteiger charge is -2.51. The number of hydrogen-bond donors (Lipinski definition) is 2. The van der Waals surface area contributed by atoms with Gasteiger partial charge in [0.1, 0.15) is 0 Å². The van der Waals surface area contributed by atoms with Crippen LogP contribution in [0.4, 0.5) is 0 Å². The maximum absolute atomic E-state index is 11.5. The smallest absolute Gasteiger partial charge is 0.220 e. The molecule has 1 unspecified atom stereocenters. The van der Waals surface area contributed by atoms with Gasteiger partial charge in [0.15, 0.2) is 0 Å². The Morgan fingerprint density at radius 1 is 1.50 bits per heavy atom. The minimum Gasteiger partial charge on any atom is -0.349 e. The van der Waals surface area contributed by atoms with Crippen LogP contribution in [0.2, 0.25) is 0 Å². The van der Waals surface area contributed by atoms with Gasteiger partial charge in [0.2, 0.25) is 5.91 Å². The topological polar surface area (TPSA) is 41.1 Å². The van der Waals surface area contributed by atoms with E-state index in [0.717, 1.165) is 31.7 Å². The molecule has 92 valence electrons. The van der Waals surface area contributed by atoms with Crippen LogP contribution >= 0.6 is 0 Å². The second-order valence-electron chi connectivity index (χ2n) is 5.79. The summed E-state index contributed by atoms with van der Waals surface area (Å²) in [7, 11) is 0. The summed E-state index contributed by atoms with van der Waals surface area (Å²) in [5.41, 5.74) is 0.117. The van der Waals surface area contributed by atoms with Crippen LogP contribution in [-0.4, -0.2) is 24.0 Å². The molecule has 1 atom stereocenters. The van der Waals surface area contributed by atoms with Gasteiger partial charge in [0.25, 0.3) is 0 Å². The van der Waals surface area contributed by atoms with Gasteiger partial charge in [-0.1, -0.05) is 13.8 Å². The SMILES string of the molecule is CC(C)CCNC1CCC(=O)NC12CCC2. The van der Waals surface area contributed by atoms with Crippen molar-refractivity contribution in [3.63, 3.8) is 0 Å². The number of nitrogens with one attached hydrogen (secondary N) is 2. The highest BCUT2D eigenvalue weighted by Gasteiger charge is 2.47. The van der Waals surface area contributed by atoms with Gasteiger partial charge in [-0.3, -0.25) is 4.79 Å². The third-order valence-electron chi connectivity index (χ3n) is 4.07. The van der Waals surface area contributed by atoms with Crippen molar-refractivity contribution >= 4 is 5.91 Å². The Hall–Kier alpha value is -0.570. The highest BCUT2D eigenvalue weighted by atomic mass is 16.1. The average molecular weight is 224 g/mol. The molecule has 0 aromatic carbocycles. The molecule has 3 heteroatoms. The third kappa shape index (κ3) is 2.40. The van der Waals surface area contributed by atoms with E-state index in [2.05, 4.69) is 24.5 Å². The van der Waals surface area contributed by atoms with Gasteiger partial charge in [0.05, 0.1) is 5.54 Å². The Morgan fingerprint density at radius 3 is 2.81 bits per heavy atom. The van der Waals surface area contributed by atoms with E-state index in [4.69, 9.17) is 0 Å². The molecule has 0 bridgehead atoms. The number of amides is 1. The Kier molecular flexibility index (Phi) is 3.53. The first-order valence-corrected chi connectivity index (χ1v) is 6.67. The zero-order valence-electron chi connectivity index (χ0n) is 10.5. The summed E-state index contributed by atoms with van der Waals surface area (Å²) >= 11 is 0. The van der Waals surface area contributed by atoms with Crippen molar-refractivity contribution < 1.29 is 4.79 Å². The van der Waals surface area contributed by atoms with Gasteiger partial charge in [-0.15, -0.1) is 0 Å². The van der Waals surface area contributed by atoms with Gasteiger partial charge >= 0.3 is 0 Å². The van der Waals surface area contributed by atoms with Crippen LogP contribution in [0.1, 0.15) is 52.4 Å². The molecule has 1 saturated carbocycles. The van der Waals surface area contributed by atoms with Crippen molar-refractivity contribution in [3.05, 3.63) is 0 Å². The Morgan fingerprint density at radius 2 is 2.25 bits per heavy atom. The van der Waals surface area contributed by atoms with Crippen LogP contribution < -0.4 is 10.6 Å². The molecule has 1 spiro atoms.